The van der Waals surface area contributed by atoms with Crippen molar-refractivity contribution in [1.82, 2.24) is 0 Å². The van der Waals surface area contributed by atoms with Gasteiger partial charge in [0, 0.05) is 0 Å². The van der Waals surface area contributed by atoms with Crippen molar-refractivity contribution in [3.05, 3.63) is 36.5 Å². The van der Waals surface area contributed by atoms with E-state index in [0.717, 1.165) is 379 Å². The molecule has 0 heteroatoms. The number of allylic oxidation sites excluding steroid dienone is 6. The molecular weight excluding hydrogens is 1660 g/mol. The summed E-state index contributed by atoms with van der Waals surface area (Å²) in [6.45, 7) is 139. The number of rotatable bonds is 28. The maximum Gasteiger partial charge on any atom is -0.00307 e. The zero-order valence-corrected chi connectivity index (χ0v) is 104. The van der Waals surface area contributed by atoms with Crippen LogP contribution in [0.1, 0.15) is 446 Å². The Morgan fingerprint density at radius 3 is 0.638 bits per heavy atom. The Labute approximate surface area is 871 Å². The lowest BCUT2D eigenvalue weighted by Gasteiger charge is -2.66. The van der Waals surface area contributed by atoms with Gasteiger partial charge in [-0.15, -0.1) is 0 Å². The molecule has 0 spiro atoms. The summed E-state index contributed by atoms with van der Waals surface area (Å²) in [4.78, 5) is 0. The summed E-state index contributed by atoms with van der Waals surface area (Å²) in [5.41, 5.74) is 1.69. The molecule has 13 saturated carbocycles. The normalized spacial score (nSPS) is 41.3. The van der Waals surface area contributed by atoms with Crippen LogP contribution in [0, 0.1) is 395 Å². The Hall–Kier alpha value is -0.780. The van der Waals surface area contributed by atoms with Crippen LogP contribution < -0.4 is 0 Å². The molecule has 19 rings (SSSR count). The van der Waals surface area contributed by atoms with Crippen molar-refractivity contribution in [1.29, 1.82) is 0 Å². The van der Waals surface area contributed by atoms with E-state index in [9.17, 15) is 0 Å². The summed E-state index contributed by atoms with van der Waals surface area (Å²) in [6, 6.07) is 0. The van der Waals surface area contributed by atoms with Crippen LogP contribution in [0.3, 0.4) is 0 Å². The van der Waals surface area contributed by atoms with Gasteiger partial charge in [-0.2, -0.15) is 0 Å². The van der Waals surface area contributed by atoms with Crippen molar-refractivity contribution in [2.75, 3.05) is 0 Å². The zero-order valence-electron chi connectivity index (χ0n) is 104. The maximum atomic E-state index is 2.67. The molecule has 808 valence electrons. The standard InChI is InChI=1S/C20H38.C20H36.C20H38.2C20H36.2C19H36/c2*1-12(2)17-11-16-9-10-20(17,15(7)8)19(14(5)6)18(16)13(3)4;3*1-11(2)17-15-9-10-16(18(17)12(3)4)20(14(7)8)19(15)13(5)6;1-11(2)16-9-15-10-19(16,14(7)8)18(13(5)6)17(15)12(3)4;1-10(2)16-14-9-15(17(16)11(3)4)19(13(7)8)18(14)12(5)6/h12-19H,9-11H2,1-8H3;9-10,12-19H,11H2,1-8H3;11-20H,9-10H2,1-8H3;2*9-20H,1-8H3;11-18H,9-10H2,1-8H3;10-19H,9H2,1-8H3. The summed E-state index contributed by atoms with van der Waals surface area (Å²) >= 11 is 0. The van der Waals surface area contributed by atoms with Crippen LogP contribution in [0.4, 0.5) is 0 Å². The van der Waals surface area contributed by atoms with Gasteiger partial charge < -0.3 is 0 Å². The summed E-state index contributed by atoms with van der Waals surface area (Å²) in [6.07, 6.45) is 29.3. The molecule has 14 bridgehead atoms. The topological polar surface area (TPSA) is 0 Å². The molecule has 0 aliphatic heterocycles. The first-order valence-electron chi connectivity index (χ1n) is 62.8. The molecule has 0 N–H and O–H groups in total. The highest BCUT2D eigenvalue weighted by Gasteiger charge is 2.68. The molecule has 13 fully saturated rings. The van der Waals surface area contributed by atoms with Crippen LogP contribution in [0.5, 0.6) is 0 Å². The van der Waals surface area contributed by atoms with Crippen LogP contribution >= 0.6 is 0 Å². The maximum absolute atomic E-state index is 2.67. The van der Waals surface area contributed by atoms with E-state index < -0.39 is 0 Å². The molecule has 0 aromatic rings. The molecule has 0 aromatic heterocycles. The molecule has 0 amide bonds. The molecule has 138 heavy (non-hydrogen) atoms. The van der Waals surface area contributed by atoms with Crippen molar-refractivity contribution in [2.45, 2.75) is 446 Å². The quantitative estimate of drug-likeness (QED) is 0.0685. The van der Waals surface area contributed by atoms with Crippen molar-refractivity contribution in [3.63, 3.8) is 0 Å². The van der Waals surface area contributed by atoms with Gasteiger partial charge in [0.1, 0.15) is 0 Å². The first-order valence-corrected chi connectivity index (χ1v) is 62.8. The minimum atomic E-state index is 0.437. The van der Waals surface area contributed by atoms with Crippen molar-refractivity contribution >= 4 is 0 Å². The lowest BCUT2D eigenvalue weighted by atomic mass is 9.39. The zero-order chi connectivity index (χ0) is 105. The fourth-order valence-corrected chi connectivity index (χ4v) is 43.9. The van der Waals surface area contributed by atoms with Crippen LogP contribution in [0.2, 0.25) is 0 Å². The number of fused-ring (bicyclic) bond motifs is 16. The molecule has 0 saturated heterocycles. The van der Waals surface area contributed by atoms with Gasteiger partial charge in [0.2, 0.25) is 0 Å². The van der Waals surface area contributed by atoms with Crippen LogP contribution in [-0.2, 0) is 0 Å². The van der Waals surface area contributed by atoms with Crippen molar-refractivity contribution < 1.29 is 0 Å². The van der Waals surface area contributed by atoms with Gasteiger partial charge in [0.05, 0.1) is 0 Å². The highest BCUT2D eigenvalue weighted by molar-refractivity contribution is 5.24. The molecule has 0 nitrogen and oxygen atoms in total. The summed E-state index contributed by atoms with van der Waals surface area (Å²) in [7, 11) is 0. The minimum Gasteiger partial charge on any atom is -0.0845 e. The summed E-state index contributed by atoms with van der Waals surface area (Å²) < 4.78 is 0. The van der Waals surface area contributed by atoms with E-state index in [0.29, 0.717) is 16.2 Å². The fraction of sp³-hybridized carbons (Fsp3) is 0.957. The van der Waals surface area contributed by atoms with Crippen molar-refractivity contribution in [3.8, 4) is 0 Å². The lowest BCUT2D eigenvalue weighted by molar-refractivity contribution is -0.176. The van der Waals surface area contributed by atoms with Crippen LogP contribution in [0.25, 0.3) is 0 Å². The van der Waals surface area contributed by atoms with E-state index in [1.165, 1.54) is 57.8 Å². The average molecular weight is 1920 g/mol. The van der Waals surface area contributed by atoms with Gasteiger partial charge in [-0.3, -0.25) is 0 Å². The Bertz CT molecular complexity index is 3230. The molecule has 0 heterocycles. The highest BCUT2D eigenvalue weighted by Crippen LogP contribution is 2.74. The second-order valence-corrected chi connectivity index (χ2v) is 62.7. The number of hydrogen-bond donors (Lipinski definition) is 0. The Kier molecular flexibility index (Phi) is 43.9. The molecule has 0 radical (unpaired) electrons. The molecule has 19 aliphatic rings. The predicted molar refractivity (Wildman–Crippen MR) is 617 cm³/mol. The van der Waals surface area contributed by atoms with Crippen molar-refractivity contribution in [2.24, 2.45) is 395 Å². The third kappa shape index (κ3) is 23.6. The van der Waals surface area contributed by atoms with E-state index >= 15 is 0 Å². The van der Waals surface area contributed by atoms with Gasteiger partial charge in [-0.25, -0.2) is 0 Å². The van der Waals surface area contributed by atoms with Crippen LogP contribution in [0.15, 0.2) is 36.5 Å². The highest BCUT2D eigenvalue weighted by atomic mass is 14.7. The number of hydrogen-bond acceptors (Lipinski definition) is 0. The van der Waals surface area contributed by atoms with Gasteiger partial charge in [0.15, 0.2) is 0 Å². The van der Waals surface area contributed by atoms with Gasteiger partial charge in [-0.05, 0) is 453 Å². The Morgan fingerprint density at radius 1 is 0.174 bits per heavy atom. The Balaban J connectivity index is 0.000000198. The van der Waals surface area contributed by atoms with Crippen LogP contribution in [-0.4, -0.2) is 0 Å². The predicted octanol–water partition coefficient (Wildman–Crippen LogP) is 41.8. The van der Waals surface area contributed by atoms with E-state index in [1.54, 1.807) is 0 Å². The lowest BCUT2D eigenvalue weighted by Crippen LogP contribution is -2.60. The van der Waals surface area contributed by atoms with Gasteiger partial charge in [0.25, 0.3) is 0 Å². The van der Waals surface area contributed by atoms with Gasteiger partial charge in [-0.1, -0.05) is 424 Å². The van der Waals surface area contributed by atoms with Gasteiger partial charge >= 0.3 is 0 Å². The fourth-order valence-electron chi connectivity index (χ4n) is 43.9. The summed E-state index contributed by atoms with van der Waals surface area (Å²) in [5, 5.41) is 0. The first kappa shape index (κ1) is 122. The largest absolute Gasteiger partial charge is 0.0845 e. The Morgan fingerprint density at radius 2 is 0.406 bits per heavy atom. The van der Waals surface area contributed by atoms with E-state index in [1.807, 2.05) is 0 Å². The second kappa shape index (κ2) is 49.5. The SMILES string of the molecule is CC(C)C1C2C=CC(C(C)C)(C(C(C)C)C2)C1C(C)C.CC(C)C1C2C=CC(C1C(C)C)C(C(C)C)C2C(C)C.CC(C)C1C2C=CC(C1C(C)C)C(C(C)C)C2C(C)C.CC(C)C1C2CC(C(C)C)C(C(C)C)(C2)C1C(C)C.CC(C)C1C2CC(C1C(C)C)C(C(C)C)C2C(C)C.CC(C)C1C2CCC(C(C)C)(C(C(C)C)C2)C1C(C)C.CC(C)C1C2CCC(C1C(C)C)C(C(C)C)C2C(C)C. The molecule has 31 unspecified atom stereocenters. The molecular formula is C138H256. The van der Waals surface area contributed by atoms with E-state index in [-0.39, 0.29) is 0 Å². The third-order valence-corrected chi connectivity index (χ3v) is 46.4. The summed E-state index contributed by atoms with van der Waals surface area (Å²) in [5.74, 6) is 57.1. The molecule has 0 aromatic carbocycles. The average Bonchev–Trinajstić information content (AvgIpc) is 1.55. The molecule has 31 atom stereocenters. The third-order valence-electron chi connectivity index (χ3n) is 46.4. The molecule has 19 aliphatic carbocycles. The second-order valence-electron chi connectivity index (χ2n) is 62.7. The minimum absolute atomic E-state index is 0.437. The van der Waals surface area contributed by atoms with E-state index in [4.69, 9.17) is 0 Å². The first-order chi connectivity index (χ1) is 63.8. The van der Waals surface area contributed by atoms with E-state index in [2.05, 4.69) is 424 Å². The monoisotopic (exact) mass is 1910 g/mol. The smallest absolute Gasteiger partial charge is 0.00307 e.